The molecule has 1 aromatic carbocycles. The fourth-order valence-corrected chi connectivity index (χ4v) is 2.73. The van der Waals surface area contributed by atoms with Crippen LogP contribution in [0.1, 0.15) is 38.7 Å². The van der Waals surface area contributed by atoms with Crippen molar-refractivity contribution in [2.75, 3.05) is 13.2 Å². The van der Waals surface area contributed by atoms with Gasteiger partial charge >= 0.3 is 5.97 Å². The Kier molecular flexibility index (Phi) is 6.02. The highest BCUT2D eigenvalue weighted by molar-refractivity contribution is 5.85. The molecule has 1 saturated heterocycles. The second kappa shape index (κ2) is 7.99. The molecule has 0 bridgehead atoms. The van der Waals surface area contributed by atoms with Crippen molar-refractivity contribution in [3.63, 3.8) is 0 Å². The summed E-state index contributed by atoms with van der Waals surface area (Å²) in [5, 5.41) is 9.25. The van der Waals surface area contributed by atoms with Gasteiger partial charge in [-0.05, 0) is 42.9 Å². The van der Waals surface area contributed by atoms with E-state index in [0.717, 1.165) is 24.2 Å². The molecule has 1 atom stereocenters. The quantitative estimate of drug-likeness (QED) is 0.875. The molecule has 0 aliphatic carbocycles. The van der Waals surface area contributed by atoms with Crippen LogP contribution in [0.5, 0.6) is 5.75 Å². The second-order valence-electron chi connectivity index (χ2n) is 6.46. The fourth-order valence-electron chi connectivity index (χ4n) is 2.73. The summed E-state index contributed by atoms with van der Waals surface area (Å²) in [7, 11) is 0. The average molecular weight is 319 g/mol. The van der Waals surface area contributed by atoms with Gasteiger partial charge in [0.1, 0.15) is 11.8 Å². The topological polar surface area (TPSA) is 66.8 Å². The maximum atomic E-state index is 12.4. The molecule has 0 spiro atoms. The number of carboxylic acids is 1. The molecule has 0 aromatic heterocycles. The number of ether oxygens (including phenoxy) is 1. The van der Waals surface area contributed by atoms with Crippen molar-refractivity contribution in [1.82, 2.24) is 4.90 Å². The van der Waals surface area contributed by atoms with Crippen molar-refractivity contribution in [3.8, 4) is 5.75 Å². The number of benzene rings is 1. The first-order valence-electron chi connectivity index (χ1n) is 8.21. The first kappa shape index (κ1) is 17.3. The monoisotopic (exact) mass is 319 g/mol. The summed E-state index contributed by atoms with van der Waals surface area (Å²) < 4.78 is 5.62. The first-order valence-corrected chi connectivity index (χ1v) is 8.21. The lowest BCUT2D eigenvalue weighted by Gasteiger charge is -2.33. The minimum Gasteiger partial charge on any atom is -0.493 e. The number of likely N-dealkylation sites (tertiary alicyclic amines) is 1. The van der Waals surface area contributed by atoms with Crippen molar-refractivity contribution in [1.29, 1.82) is 0 Å². The van der Waals surface area contributed by atoms with Gasteiger partial charge in [-0.2, -0.15) is 0 Å². The van der Waals surface area contributed by atoms with E-state index < -0.39 is 12.0 Å². The lowest BCUT2D eigenvalue weighted by molar-refractivity contribution is -0.151. The van der Waals surface area contributed by atoms with Crippen LogP contribution in [0.2, 0.25) is 0 Å². The summed E-state index contributed by atoms with van der Waals surface area (Å²) in [6.45, 7) is 5.37. The minimum absolute atomic E-state index is 0.118. The van der Waals surface area contributed by atoms with Crippen molar-refractivity contribution in [3.05, 3.63) is 29.8 Å². The van der Waals surface area contributed by atoms with E-state index in [1.54, 1.807) is 0 Å². The molecule has 1 fully saturated rings. The van der Waals surface area contributed by atoms with E-state index in [-0.39, 0.29) is 12.3 Å². The Morgan fingerprint density at radius 2 is 1.96 bits per heavy atom. The number of amides is 1. The maximum absolute atomic E-state index is 12.4. The smallest absolute Gasteiger partial charge is 0.326 e. The number of carboxylic acid groups (broad SMARTS) is 1. The van der Waals surface area contributed by atoms with E-state index in [1.165, 1.54) is 4.90 Å². The Bertz CT molecular complexity index is 538. The molecule has 2 rings (SSSR count). The van der Waals surface area contributed by atoms with E-state index in [1.807, 2.05) is 24.3 Å². The Labute approximate surface area is 137 Å². The molecule has 0 saturated carbocycles. The maximum Gasteiger partial charge on any atom is 0.326 e. The van der Waals surface area contributed by atoms with E-state index >= 15 is 0 Å². The normalized spacial score (nSPS) is 18.0. The van der Waals surface area contributed by atoms with Crippen LogP contribution in [-0.4, -0.2) is 41.1 Å². The van der Waals surface area contributed by atoms with Gasteiger partial charge in [0.15, 0.2) is 0 Å². The van der Waals surface area contributed by atoms with Crippen LogP contribution in [0.3, 0.4) is 0 Å². The zero-order valence-corrected chi connectivity index (χ0v) is 13.8. The van der Waals surface area contributed by atoms with Gasteiger partial charge in [0.2, 0.25) is 5.91 Å². The number of hydrogen-bond donors (Lipinski definition) is 1. The lowest BCUT2D eigenvalue weighted by Crippen LogP contribution is -2.48. The molecule has 1 aromatic rings. The Balaban J connectivity index is 1.95. The first-order chi connectivity index (χ1) is 11.0. The SMILES string of the molecule is CC(C)COc1ccc(CC(=O)N2CCCC[C@@H]2C(=O)O)cc1. The molecule has 5 nitrogen and oxygen atoms in total. The van der Waals surface area contributed by atoms with E-state index in [2.05, 4.69) is 13.8 Å². The van der Waals surface area contributed by atoms with Crippen LogP contribution in [0, 0.1) is 5.92 Å². The number of hydrogen-bond acceptors (Lipinski definition) is 3. The van der Waals surface area contributed by atoms with Crippen LogP contribution in [-0.2, 0) is 16.0 Å². The van der Waals surface area contributed by atoms with Gasteiger partial charge < -0.3 is 14.7 Å². The van der Waals surface area contributed by atoms with Crippen LogP contribution in [0.4, 0.5) is 0 Å². The van der Waals surface area contributed by atoms with Crippen molar-refractivity contribution >= 4 is 11.9 Å². The lowest BCUT2D eigenvalue weighted by atomic mass is 10.0. The van der Waals surface area contributed by atoms with Crippen molar-refractivity contribution < 1.29 is 19.4 Å². The van der Waals surface area contributed by atoms with Crippen molar-refractivity contribution in [2.45, 2.75) is 45.6 Å². The van der Waals surface area contributed by atoms with Crippen LogP contribution in [0.15, 0.2) is 24.3 Å². The summed E-state index contributed by atoms with van der Waals surface area (Å²) >= 11 is 0. The number of nitrogens with zero attached hydrogens (tertiary/aromatic N) is 1. The molecule has 0 unspecified atom stereocenters. The van der Waals surface area contributed by atoms with Gasteiger partial charge in [-0.1, -0.05) is 26.0 Å². The van der Waals surface area contributed by atoms with Gasteiger partial charge in [0.25, 0.3) is 0 Å². The van der Waals surface area contributed by atoms with Crippen LogP contribution < -0.4 is 4.74 Å². The van der Waals surface area contributed by atoms with Gasteiger partial charge in [0.05, 0.1) is 13.0 Å². The zero-order chi connectivity index (χ0) is 16.8. The van der Waals surface area contributed by atoms with E-state index in [9.17, 15) is 14.7 Å². The third kappa shape index (κ3) is 4.98. The predicted octanol–water partition coefficient (Wildman–Crippen LogP) is 2.73. The Morgan fingerprint density at radius 1 is 1.26 bits per heavy atom. The van der Waals surface area contributed by atoms with E-state index in [4.69, 9.17) is 4.74 Å². The fraction of sp³-hybridized carbons (Fsp3) is 0.556. The highest BCUT2D eigenvalue weighted by Gasteiger charge is 2.31. The minimum atomic E-state index is -0.907. The highest BCUT2D eigenvalue weighted by Crippen LogP contribution is 2.19. The average Bonchev–Trinajstić information content (AvgIpc) is 2.54. The third-order valence-electron chi connectivity index (χ3n) is 3.97. The molecule has 1 N–H and O–H groups in total. The van der Waals surface area contributed by atoms with Crippen molar-refractivity contribution in [2.24, 2.45) is 5.92 Å². The molecule has 1 aliphatic rings. The zero-order valence-electron chi connectivity index (χ0n) is 13.8. The molecular weight excluding hydrogens is 294 g/mol. The number of carbonyl (C=O) groups is 2. The number of piperidine rings is 1. The summed E-state index contributed by atoms with van der Waals surface area (Å²) in [5.41, 5.74) is 0.876. The molecular formula is C18H25NO4. The van der Waals surface area contributed by atoms with Gasteiger partial charge in [-0.25, -0.2) is 4.79 Å². The van der Waals surface area contributed by atoms with Crippen LogP contribution in [0.25, 0.3) is 0 Å². The van der Waals surface area contributed by atoms with Gasteiger partial charge in [-0.15, -0.1) is 0 Å². The molecule has 0 radical (unpaired) electrons. The molecule has 5 heteroatoms. The predicted molar refractivity (Wildman–Crippen MR) is 87.5 cm³/mol. The van der Waals surface area contributed by atoms with Gasteiger partial charge in [-0.3, -0.25) is 4.79 Å². The summed E-state index contributed by atoms with van der Waals surface area (Å²) in [5.74, 6) is 0.225. The number of carbonyl (C=O) groups excluding carboxylic acids is 1. The molecule has 1 heterocycles. The number of aliphatic carboxylic acids is 1. The molecule has 23 heavy (non-hydrogen) atoms. The Morgan fingerprint density at radius 3 is 2.57 bits per heavy atom. The standard InChI is InChI=1S/C18H25NO4/c1-13(2)12-23-15-8-6-14(7-9-15)11-17(20)19-10-4-3-5-16(19)18(21)22/h6-9,13,16H,3-5,10-12H2,1-2H3,(H,21,22)/t16-/m1/s1. The number of rotatable bonds is 6. The largest absolute Gasteiger partial charge is 0.493 e. The Hall–Kier alpha value is -2.04. The summed E-state index contributed by atoms with van der Waals surface area (Å²) in [4.78, 5) is 25.2. The highest BCUT2D eigenvalue weighted by atomic mass is 16.5. The second-order valence-corrected chi connectivity index (χ2v) is 6.46. The summed E-state index contributed by atoms with van der Waals surface area (Å²) in [6, 6.07) is 6.77. The molecule has 1 amide bonds. The third-order valence-corrected chi connectivity index (χ3v) is 3.97. The molecule has 126 valence electrons. The van der Waals surface area contributed by atoms with Crippen LogP contribution >= 0.6 is 0 Å². The summed E-state index contributed by atoms with van der Waals surface area (Å²) in [6.07, 6.45) is 2.51. The van der Waals surface area contributed by atoms with Gasteiger partial charge in [0, 0.05) is 6.54 Å². The molecule has 1 aliphatic heterocycles. The van der Waals surface area contributed by atoms with E-state index in [0.29, 0.717) is 25.5 Å².